The molecular formula is C34H40F4N6O4. The number of rotatable bonds is 8. The molecule has 3 aromatic rings. The normalized spacial score (nSPS) is 20.4. The lowest BCUT2D eigenvalue weighted by Gasteiger charge is -2.41. The summed E-state index contributed by atoms with van der Waals surface area (Å²) in [7, 11) is 2.74. The van der Waals surface area contributed by atoms with E-state index in [1.54, 1.807) is 0 Å². The van der Waals surface area contributed by atoms with Crippen molar-refractivity contribution in [2.45, 2.75) is 57.4 Å². The molecule has 5 rings (SSSR count). The van der Waals surface area contributed by atoms with E-state index in [9.17, 15) is 27.2 Å². The van der Waals surface area contributed by atoms with Crippen LogP contribution in [0.3, 0.4) is 0 Å². The summed E-state index contributed by atoms with van der Waals surface area (Å²) >= 11 is 0. The van der Waals surface area contributed by atoms with Gasteiger partial charge in [-0.25, -0.2) is 9.37 Å². The molecule has 1 unspecified atom stereocenters. The van der Waals surface area contributed by atoms with Gasteiger partial charge in [-0.05, 0) is 49.8 Å². The van der Waals surface area contributed by atoms with E-state index >= 15 is 0 Å². The lowest BCUT2D eigenvalue weighted by Crippen LogP contribution is -2.52. The number of likely N-dealkylation sites (tertiary alicyclic amines) is 1. The van der Waals surface area contributed by atoms with E-state index in [0.717, 1.165) is 68.9 Å². The Morgan fingerprint density at radius 3 is 2.65 bits per heavy atom. The lowest BCUT2D eigenvalue weighted by molar-refractivity contribution is -0.140. The highest BCUT2D eigenvalue weighted by molar-refractivity contribution is 6.05. The van der Waals surface area contributed by atoms with Crippen LogP contribution in [0.2, 0.25) is 0 Å². The molecule has 14 heteroatoms. The zero-order valence-electron chi connectivity index (χ0n) is 27.2. The fraction of sp³-hybridized carbons (Fsp3) is 0.500. The second-order valence-electron chi connectivity index (χ2n) is 12.2. The molecule has 0 saturated carbocycles. The molecule has 48 heavy (non-hydrogen) atoms. The van der Waals surface area contributed by atoms with E-state index in [4.69, 9.17) is 9.47 Å². The molecule has 2 aliphatic rings. The first-order valence-corrected chi connectivity index (χ1v) is 16.0. The van der Waals surface area contributed by atoms with E-state index in [-0.39, 0.29) is 46.4 Å². The summed E-state index contributed by atoms with van der Waals surface area (Å²) in [4.78, 5) is 32.5. The van der Waals surface area contributed by atoms with Crippen molar-refractivity contribution in [1.29, 1.82) is 0 Å². The molecule has 3 heterocycles. The summed E-state index contributed by atoms with van der Waals surface area (Å²) < 4.78 is 66.4. The highest BCUT2D eigenvalue weighted by atomic mass is 19.4. The average Bonchev–Trinajstić information content (AvgIpc) is 3.25. The minimum absolute atomic E-state index is 0.0137. The van der Waals surface area contributed by atoms with Crippen molar-refractivity contribution >= 4 is 28.5 Å². The molecule has 0 spiro atoms. The number of amides is 2. The zero-order valence-corrected chi connectivity index (χ0v) is 27.2. The molecule has 0 radical (unpaired) electrons. The summed E-state index contributed by atoms with van der Waals surface area (Å²) in [6.45, 7) is 4.03. The molecule has 2 aromatic carbocycles. The van der Waals surface area contributed by atoms with Crippen molar-refractivity contribution in [2.24, 2.45) is 5.92 Å². The number of nitrogens with one attached hydrogen (secondary N) is 3. The van der Waals surface area contributed by atoms with Crippen molar-refractivity contribution in [3.63, 3.8) is 0 Å². The number of ether oxygens (including phenoxy) is 2. The third-order valence-corrected chi connectivity index (χ3v) is 8.87. The molecule has 258 valence electrons. The van der Waals surface area contributed by atoms with Crippen molar-refractivity contribution < 1.29 is 36.6 Å². The minimum atomic E-state index is -4.50. The topological polar surface area (TPSA) is 110 Å². The SMILES string of the molecule is CNC(=O)c1cc(NCC#Cc2cc(C(=O)N[C@H]3CCN(C4CCCOCC4)C[C@@H]3C)c3ncn(CC(F)(F)F)c3c2)c(OC)cc1F. The third-order valence-electron chi connectivity index (χ3n) is 8.87. The van der Waals surface area contributed by atoms with Gasteiger partial charge in [-0.2, -0.15) is 13.2 Å². The quantitative estimate of drug-likeness (QED) is 0.238. The Labute approximate surface area is 276 Å². The summed E-state index contributed by atoms with van der Waals surface area (Å²) in [5.41, 5.74) is 0.864. The highest BCUT2D eigenvalue weighted by Crippen LogP contribution is 2.29. The number of fused-ring (bicyclic) bond motifs is 1. The first-order valence-electron chi connectivity index (χ1n) is 16.0. The molecule has 10 nitrogen and oxygen atoms in total. The first kappa shape index (κ1) is 35.0. The first-order chi connectivity index (χ1) is 23.0. The monoisotopic (exact) mass is 672 g/mol. The Hall–Kier alpha value is -4.35. The Morgan fingerprint density at radius 2 is 1.92 bits per heavy atom. The van der Waals surface area contributed by atoms with Crippen LogP contribution in [0, 0.1) is 23.6 Å². The van der Waals surface area contributed by atoms with E-state index in [1.807, 2.05) is 0 Å². The minimum Gasteiger partial charge on any atom is -0.494 e. The Kier molecular flexibility index (Phi) is 11.1. The predicted octanol–water partition coefficient (Wildman–Crippen LogP) is 4.58. The van der Waals surface area contributed by atoms with Crippen molar-refractivity contribution in [3.8, 4) is 17.6 Å². The van der Waals surface area contributed by atoms with Crippen LogP contribution in [0.1, 0.15) is 58.9 Å². The Morgan fingerprint density at radius 1 is 1.10 bits per heavy atom. The van der Waals surface area contributed by atoms with Gasteiger partial charge in [0, 0.05) is 57.1 Å². The van der Waals surface area contributed by atoms with Gasteiger partial charge in [0.2, 0.25) is 0 Å². The molecule has 3 N–H and O–H groups in total. The third kappa shape index (κ3) is 8.38. The number of carbonyl (C=O) groups is 2. The van der Waals surface area contributed by atoms with Crippen molar-refractivity contribution in [1.82, 2.24) is 25.1 Å². The van der Waals surface area contributed by atoms with Gasteiger partial charge in [-0.1, -0.05) is 18.8 Å². The number of alkyl halides is 3. The number of imidazole rings is 1. The van der Waals surface area contributed by atoms with Crippen LogP contribution in [0.5, 0.6) is 5.75 Å². The number of nitrogens with zero attached hydrogens (tertiary/aromatic N) is 3. The average molecular weight is 673 g/mol. The van der Waals surface area contributed by atoms with Crippen LogP contribution in [0.15, 0.2) is 30.6 Å². The molecule has 0 bridgehead atoms. The fourth-order valence-electron chi connectivity index (χ4n) is 6.41. The van der Waals surface area contributed by atoms with Gasteiger partial charge in [-0.3, -0.25) is 14.5 Å². The summed E-state index contributed by atoms with van der Waals surface area (Å²) in [6, 6.07) is 5.72. The predicted molar refractivity (Wildman–Crippen MR) is 173 cm³/mol. The van der Waals surface area contributed by atoms with Gasteiger partial charge in [-0.15, -0.1) is 0 Å². The van der Waals surface area contributed by atoms with Gasteiger partial charge < -0.3 is 30.0 Å². The molecule has 2 aliphatic heterocycles. The molecule has 2 amide bonds. The Bertz CT molecular complexity index is 1690. The highest BCUT2D eigenvalue weighted by Gasteiger charge is 2.33. The number of hydrogen-bond acceptors (Lipinski definition) is 7. The molecule has 1 aromatic heterocycles. The van der Waals surface area contributed by atoms with E-state index in [2.05, 4.69) is 44.6 Å². The van der Waals surface area contributed by atoms with E-state index < -0.39 is 30.4 Å². The molecule has 0 aliphatic carbocycles. The second kappa shape index (κ2) is 15.3. The number of halogens is 4. The Balaban J connectivity index is 1.36. The maximum atomic E-state index is 14.4. The second-order valence-corrected chi connectivity index (χ2v) is 12.2. The van der Waals surface area contributed by atoms with Gasteiger partial charge in [0.05, 0.1) is 42.3 Å². The maximum Gasteiger partial charge on any atom is 0.406 e. The number of benzene rings is 2. The van der Waals surface area contributed by atoms with E-state index in [1.165, 1.54) is 32.4 Å². The van der Waals surface area contributed by atoms with Gasteiger partial charge in [0.1, 0.15) is 23.6 Å². The number of anilines is 1. The number of carbonyl (C=O) groups excluding carboxylic acids is 2. The summed E-state index contributed by atoms with van der Waals surface area (Å²) in [6.07, 6.45) is 0.420. The van der Waals surface area contributed by atoms with Crippen LogP contribution in [-0.2, 0) is 11.3 Å². The van der Waals surface area contributed by atoms with Crippen molar-refractivity contribution in [2.75, 3.05) is 52.3 Å². The molecule has 2 saturated heterocycles. The van der Waals surface area contributed by atoms with Gasteiger partial charge in [0.25, 0.3) is 11.8 Å². The number of methoxy groups -OCH3 is 1. The van der Waals surface area contributed by atoms with Crippen LogP contribution in [-0.4, -0.2) is 91.5 Å². The largest absolute Gasteiger partial charge is 0.494 e. The van der Waals surface area contributed by atoms with Crippen LogP contribution in [0.25, 0.3) is 11.0 Å². The zero-order chi connectivity index (χ0) is 34.4. The van der Waals surface area contributed by atoms with Gasteiger partial charge >= 0.3 is 6.18 Å². The van der Waals surface area contributed by atoms with Gasteiger partial charge in [0.15, 0.2) is 0 Å². The molecule has 3 atom stereocenters. The fourth-order valence-corrected chi connectivity index (χ4v) is 6.41. The van der Waals surface area contributed by atoms with Crippen molar-refractivity contribution in [3.05, 3.63) is 53.1 Å². The standard InChI is InChI=1S/C34H40F4N6O4/c1-21-18-43(23-7-5-12-48-13-9-23)11-8-27(21)42-33(46)25-14-22(15-29-31(25)41-20-44(29)19-34(36,37)38)6-4-10-40-28-16-24(32(45)39-2)26(35)17-30(28)47-3/h14-17,20-21,23,27,40H,5,7-13,18-19H2,1-3H3,(H,39,45)(H,42,46)/t21-,23?,27-/m0/s1. The molecular weight excluding hydrogens is 632 g/mol. The van der Waals surface area contributed by atoms with Crippen LogP contribution in [0.4, 0.5) is 23.2 Å². The summed E-state index contributed by atoms with van der Waals surface area (Å²) in [5, 5.41) is 8.48. The smallest absolute Gasteiger partial charge is 0.406 e. The summed E-state index contributed by atoms with van der Waals surface area (Å²) in [5.74, 6) is 4.32. The number of aromatic nitrogens is 2. The maximum absolute atomic E-state index is 14.4. The molecule has 2 fully saturated rings. The van der Waals surface area contributed by atoms with E-state index in [0.29, 0.717) is 17.3 Å². The van der Waals surface area contributed by atoms with Crippen LogP contribution >= 0.6 is 0 Å². The lowest BCUT2D eigenvalue weighted by atomic mass is 9.91. The number of piperidine rings is 1. The number of hydrogen-bond donors (Lipinski definition) is 3. The van der Waals surface area contributed by atoms with Crippen LogP contribution < -0.4 is 20.7 Å².